The molecule has 149 heavy (non-hydrogen) atoms. The number of nitrogens with zero attached hydrogens (tertiary/aromatic N) is 18. The number of sulfone groups is 2. The van der Waals surface area contributed by atoms with Gasteiger partial charge in [-0.05, 0) is 178 Å². The Labute approximate surface area is 859 Å². The van der Waals surface area contributed by atoms with Gasteiger partial charge in [0.25, 0.3) is 11.8 Å². The minimum absolute atomic E-state index is 0.0194. The smallest absolute Gasteiger partial charge is 0.416 e. The lowest BCUT2D eigenvalue weighted by Crippen LogP contribution is -2.50. The molecule has 38 heteroatoms. The summed E-state index contributed by atoms with van der Waals surface area (Å²) >= 11 is 0. The third-order valence-corrected chi connectivity index (χ3v) is 31.7. The summed E-state index contributed by atoms with van der Waals surface area (Å²) in [6, 6.07) is 54.4. The van der Waals surface area contributed by atoms with E-state index in [1.54, 1.807) is 123 Å². The first-order valence-corrected chi connectivity index (χ1v) is 53.5. The lowest BCUT2D eigenvalue weighted by molar-refractivity contribution is -0.137. The second-order valence-electron chi connectivity index (χ2n) is 38.4. The first-order valence-electron chi connectivity index (χ1n) is 50.0. The van der Waals surface area contributed by atoms with Gasteiger partial charge in [-0.15, -0.1) is 5.10 Å². The van der Waals surface area contributed by atoms with Crippen LogP contribution < -0.4 is 25.7 Å². The Balaban J connectivity index is 0.000000130. The standard InChI is InChI=1S/C32H38N4O4.C28H28FN3O4S.C27H22F3N5O2.C24H28N6O4S/c37-26(12-15-34-16-18-35(19-17-34)24-6-2-1-3-7-24)10-11-28-27-8-4-5-9-29(27)32(38)36(25-13-20-39-21-14-25)31(28)30-22-33-23-40-30;1-19-3-4-27(20(2)13-19)37(34,35)18-22-17-32(16-21-5-7-30-8-6-21)25-15-26(31-9-11-36-12-10-31)24(29)14-23(25)28(22)33;28-27(29,30)18-8-5-17(6-9-18)7-10-20(36)11-12-23-24-21-3-1-2-4-22(21)26(37)35(25(24)34-33-23)15-19-13-14-31-16-32-19;1-27-11-13-29(14-12-27)15-16-35(32,33)17-28(2)24-26-21-19-5-3-4-6-20(19)34-22(21)23(31)30(24)18-7-9-25-10-8-18/h1-9,22-23,25,28,31H,10-21H2;3-8,13-15,17H,9-12,16,18H2,1-2H3;1-6,8-9,13-14,16,24H,7,10-12,15H2;3-10H,11-17H2,1-2H3. The molecule has 7 aromatic carbocycles. The minimum atomic E-state index is -4.38. The summed E-state index contributed by atoms with van der Waals surface area (Å²) in [5, 5.41) is 9.53. The number of piperazine rings is 2. The number of para-hydroxylation sites is 2. The zero-order valence-electron chi connectivity index (χ0n) is 83.2. The van der Waals surface area contributed by atoms with Crippen LogP contribution in [0.15, 0.2) is 278 Å². The van der Waals surface area contributed by atoms with Crippen LogP contribution in [0.3, 0.4) is 0 Å². The number of amidine groups is 1. The van der Waals surface area contributed by atoms with Gasteiger partial charge in [-0.3, -0.25) is 53.4 Å². The average molecular weight is 2070 g/mol. The molecule has 0 N–H and O–H groups in total. The number of benzene rings is 7. The van der Waals surface area contributed by atoms with Crippen molar-refractivity contribution in [2.45, 2.75) is 125 Å². The van der Waals surface area contributed by atoms with E-state index < -0.39 is 54.0 Å². The van der Waals surface area contributed by atoms with Gasteiger partial charge in [0, 0.05) is 213 Å². The first-order chi connectivity index (χ1) is 72.0. The van der Waals surface area contributed by atoms with Gasteiger partial charge in [0.05, 0.1) is 88.2 Å². The van der Waals surface area contributed by atoms with E-state index in [2.05, 4.69) is 86.0 Å². The van der Waals surface area contributed by atoms with Gasteiger partial charge in [0.15, 0.2) is 31.5 Å². The summed E-state index contributed by atoms with van der Waals surface area (Å²) in [4.78, 5) is 122. The summed E-state index contributed by atoms with van der Waals surface area (Å²) in [5.74, 6) is -0.0811. The quantitative estimate of drug-likeness (QED) is 0.0377. The molecule has 0 aliphatic carbocycles. The monoisotopic (exact) mass is 2060 g/mol. The van der Waals surface area contributed by atoms with Crippen molar-refractivity contribution in [2.75, 3.05) is 145 Å². The number of carbonyl (C=O) groups is 4. The third-order valence-electron chi connectivity index (χ3n) is 28.3. The van der Waals surface area contributed by atoms with Crippen LogP contribution in [0.4, 0.5) is 34.9 Å². The maximum atomic E-state index is 15.3. The zero-order chi connectivity index (χ0) is 104. The fourth-order valence-corrected chi connectivity index (χ4v) is 23.4. The molecule has 14 heterocycles. The van der Waals surface area contributed by atoms with Crippen LogP contribution in [0.5, 0.6) is 0 Å². The van der Waals surface area contributed by atoms with Gasteiger partial charge in [-0.1, -0.05) is 96.6 Å². The number of halogens is 4. The number of aryl methyl sites for hydroxylation is 3. The lowest BCUT2D eigenvalue weighted by Gasteiger charge is -2.46. The van der Waals surface area contributed by atoms with Gasteiger partial charge in [-0.25, -0.2) is 45.7 Å². The number of rotatable bonds is 30. The number of morpholine rings is 1. The molecule has 32 nitrogen and oxygen atoms in total. The number of alkyl halides is 3. The van der Waals surface area contributed by atoms with E-state index in [0.29, 0.717) is 158 Å². The molecule has 3 atom stereocenters. The third kappa shape index (κ3) is 24.7. The van der Waals surface area contributed by atoms with E-state index >= 15 is 4.39 Å². The molecular formula is C111H116F4N18O14S2. The number of pyridine rings is 3. The molecule has 0 saturated carbocycles. The molecule has 2 amide bonds. The molecule has 7 aromatic heterocycles. The number of aromatic nitrogens is 8. The Morgan fingerprint density at radius 2 is 1.26 bits per heavy atom. The van der Waals surface area contributed by atoms with Gasteiger partial charge >= 0.3 is 11.7 Å². The number of likely N-dealkylation sites (N-methyl/N-ethyl adjacent to an activating group) is 1. The number of carbonyl (C=O) groups excluding carboxylic acids is 4. The Bertz CT molecular complexity index is 7580. The maximum Gasteiger partial charge on any atom is 0.416 e. The highest BCUT2D eigenvalue weighted by Crippen LogP contribution is 2.48. The predicted molar refractivity (Wildman–Crippen MR) is 560 cm³/mol. The van der Waals surface area contributed by atoms with Crippen molar-refractivity contribution in [1.82, 2.24) is 63.5 Å². The number of ketones is 2. The van der Waals surface area contributed by atoms with Crippen molar-refractivity contribution < 1.29 is 71.9 Å². The Morgan fingerprint density at radius 3 is 1.96 bits per heavy atom. The molecule has 3 unspecified atom stereocenters. The molecular weight excluding hydrogens is 1950 g/mol. The summed E-state index contributed by atoms with van der Waals surface area (Å²) < 4.78 is 132. The van der Waals surface area contributed by atoms with Crippen LogP contribution in [-0.4, -0.2) is 252 Å². The number of fused-ring (bicyclic) bond motifs is 8. The molecule has 774 valence electrons. The van der Waals surface area contributed by atoms with Gasteiger partial charge in [-0.2, -0.15) is 18.3 Å². The minimum Gasteiger partial charge on any atom is -0.448 e. The summed E-state index contributed by atoms with van der Waals surface area (Å²) in [5.41, 5.74) is 9.93. The van der Waals surface area contributed by atoms with E-state index in [1.807, 2.05) is 94.1 Å². The number of furan rings is 1. The van der Waals surface area contributed by atoms with Crippen LogP contribution in [0.1, 0.15) is 146 Å². The molecule has 0 spiro atoms. The summed E-state index contributed by atoms with van der Waals surface area (Å²) in [6.45, 7) is 16.3. The molecule has 4 fully saturated rings. The largest absolute Gasteiger partial charge is 0.448 e. The van der Waals surface area contributed by atoms with Crippen molar-refractivity contribution >= 4 is 105 Å². The van der Waals surface area contributed by atoms with Crippen LogP contribution in [0.25, 0.3) is 38.7 Å². The Kier molecular flexibility index (Phi) is 32.9. The number of oxazole rings is 1. The van der Waals surface area contributed by atoms with E-state index in [1.165, 1.54) is 46.1 Å². The van der Waals surface area contributed by atoms with Gasteiger partial charge in [0.2, 0.25) is 11.5 Å². The highest BCUT2D eigenvalue weighted by atomic mass is 32.2. The number of hydrogen-bond acceptors (Lipinski definition) is 28. The maximum absolute atomic E-state index is 15.3. The van der Waals surface area contributed by atoms with Gasteiger partial charge < -0.3 is 47.4 Å². The Hall–Kier alpha value is -14.5. The molecule has 0 radical (unpaired) electrons. The van der Waals surface area contributed by atoms with Crippen LogP contribution in [-0.2, 0) is 70.2 Å². The second kappa shape index (κ2) is 46.9. The fraction of sp³-hybridized carbons (Fsp3) is 0.351. The predicted octanol–water partition coefficient (Wildman–Crippen LogP) is 15.3. The number of ether oxygens (including phenoxy) is 2. The number of anilines is 3. The lowest BCUT2D eigenvalue weighted by atomic mass is 9.77. The van der Waals surface area contributed by atoms with E-state index in [-0.39, 0.29) is 106 Å². The van der Waals surface area contributed by atoms with Crippen molar-refractivity contribution in [3.8, 4) is 5.69 Å². The fourth-order valence-electron chi connectivity index (χ4n) is 20.4. The summed E-state index contributed by atoms with van der Waals surface area (Å²) in [7, 11) is -3.56. The normalized spacial score (nSPS) is 17.4. The molecule has 7 aliphatic heterocycles. The number of hydrogen-bond donors (Lipinski definition) is 0. The topological polar surface area (TPSA) is 353 Å². The molecule has 0 bridgehead atoms. The molecule has 4 saturated heterocycles. The van der Waals surface area contributed by atoms with E-state index in [9.17, 15) is 58.8 Å². The SMILES string of the molecule is CN1CCN(CCS(=O)(=O)CN(C)c2nc3c(oc4ccccc43)c(=O)n2-c2ccncc2)CC1.Cc1ccc(S(=O)(=O)Cc2cn(Cc3ccncc3)c3cc(N4CCOCC4)c(F)cc3c2=O)c(C)c1.O=C(CCC1=NN=C2C1c1ccccc1C(=O)N2Cc1ccncn1)CCc1ccc(C(F)(F)F)cc1.O=C(CCC1c2ccccc2C(=O)N(C2CCOCC2)C1c1cnco1)CCN1CCN(c2ccccc2)CC1. The highest BCUT2D eigenvalue weighted by Gasteiger charge is 2.47. The second-order valence-corrected chi connectivity index (χ2v) is 42.5. The summed E-state index contributed by atoms with van der Waals surface area (Å²) in [6.07, 6.45) is 14.3. The number of amides is 2. The highest BCUT2D eigenvalue weighted by molar-refractivity contribution is 7.91. The van der Waals surface area contributed by atoms with Crippen LogP contribution >= 0.6 is 0 Å². The van der Waals surface area contributed by atoms with Crippen LogP contribution in [0.2, 0.25) is 0 Å². The molecule has 7 aliphatic rings. The number of Topliss-reactive ketones (excluding diaryl/α,β-unsaturated/α-hetero) is 2. The van der Waals surface area contributed by atoms with E-state index in [4.69, 9.17) is 23.3 Å². The van der Waals surface area contributed by atoms with Crippen molar-refractivity contribution in [2.24, 2.45) is 10.2 Å². The van der Waals surface area contributed by atoms with Crippen molar-refractivity contribution in [3.63, 3.8) is 0 Å². The average Bonchev–Trinajstić information content (AvgIpc) is 1.65. The van der Waals surface area contributed by atoms with Gasteiger partial charge in [0.1, 0.15) is 52.3 Å². The molecule has 14 aromatic rings. The van der Waals surface area contributed by atoms with E-state index in [0.717, 1.165) is 112 Å². The van der Waals surface area contributed by atoms with Crippen molar-refractivity contribution in [3.05, 3.63) is 338 Å². The zero-order valence-corrected chi connectivity index (χ0v) is 84.8. The Morgan fingerprint density at radius 1 is 0.597 bits per heavy atom. The first kappa shape index (κ1) is 104. The van der Waals surface area contributed by atoms with Crippen LogP contribution in [0, 0.1) is 19.7 Å². The van der Waals surface area contributed by atoms with Crippen molar-refractivity contribution in [1.29, 1.82) is 0 Å². The molecule has 21 rings (SSSR count).